The van der Waals surface area contributed by atoms with Crippen molar-refractivity contribution in [1.29, 1.82) is 0 Å². The van der Waals surface area contributed by atoms with Crippen molar-refractivity contribution in [3.8, 4) is 0 Å². The summed E-state index contributed by atoms with van der Waals surface area (Å²) in [6.45, 7) is 1.92. The molecule has 0 atom stereocenters. The normalized spacial score (nSPS) is 10.5. The van der Waals surface area contributed by atoms with Crippen LogP contribution in [0.3, 0.4) is 0 Å². The largest absolute Gasteiger partial charge is 0.699 e. The molecule has 0 aliphatic carbocycles. The molecule has 0 spiro atoms. The average molecular weight is 605 g/mol. The summed E-state index contributed by atoms with van der Waals surface area (Å²) in [5.74, 6) is 1.28. The number of benzene rings is 2. The molecular formula is C18H16AcN7OS-. The number of nitrogens with zero attached hydrogens (tertiary/aromatic N) is 3. The van der Waals surface area contributed by atoms with E-state index in [0.29, 0.717) is 33.7 Å². The fourth-order valence-corrected chi connectivity index (χ4v) is 3.31. The molecule has 0 amide bonds. The Kier molecular flexibility index (Phi) is 6.78. The second-order valence-electron chi connectivity index (χ2n) is 5.89. The predicted molar refractivity (Wildman–Crippen MR) is 106 cm³/mol. The van der Waals surface area contributed by atoms with Gasteiger partial charge in [-0.05, 0) is 49.0 Å². The molecule has 0 fully saturated rings. The minimum absolute atomic E-state index is 0. The van der Waals surface area contributed by atoms with Crippen molar-refractivity contribution >= 4 is 45.7 Å². The maximum atomic E-state index is 9.19. The average Bonchev–Trinajstić information content (AvgIpc) is 3.08. The first-order valence-corrected chi connectivity index (χ1v) is 8.93. The second-order valence-corrected chi connectivity index (χ2v) is 6.93. The fourth-order valence-electron chi connectivity index (χ4n) is 2.55. The van der Waals surface area contributed by atoms with Crippen LogP contribution in [0.15, 0.2) is 58.6 Å². The monoisotopic (exact) mass is 605 g/mol. The minimum atomic E-state index is 0. The number of hydrogen-bond acceptors (Lipinski definition) is 7. The number of aromatic nitrogens is 4. The summed E-state index contributed by atoms with van der Waals surface area (Å²) >= 11 is 1.40. The number of nitrogens with one attached hydrogen (secondary N) is 4. The van der Waals surface area contributed by atoms with Gasteiger partial charge in [0.15, 0.2) is 11.0 Å². The van der Waals surface area contributed by atoms with E-state index in [-0.39, 0.29) is 44.1 Å². The van der Waals surface area contributed by atoms with Crippen molar-refractivity contribution in [3.05, 3.63) is 60.0 Å². The molecule has 2 aromatic heterocycles. The topological polar surface area (TPSA) is 123 Å². The third-order valence-corrected chi connectivity index (χ3v) is 4.69. The van der Waals surface area contributed by atoms with E-state index in [9.17, 15) is 5.21 Å². The van der Waals surface area contributed by atoms with E-state index in [2.05, 4.69) is 31.0 Å². The molecule has 0 saturated heterocycles. The molecular weight excluding hydrogens is 589 g/mol. The van der Waals surface area contributed by atoms with Crippen molar-refractivity contribution in [2.24, 2.45) is 0 Å². The molecule has 5 N–H and O–H groups in total. The van der Waals surface area contributed by atoms with Crippen molar-refractivity contribution in [2.75, 3.05) is 10.8 Å². The molecule has 4 rings (SSSR count). The summed E-state index contributed by atoms with van der Waals surface area (Å²) in [4.78, 5) is 10.2. The molecule has 0 aliphatic rings. The smallest absolute Gasteiger partial charge is 0.195 e. The standard InChI is InChI=1S/C18H16N7OS.Ac/c1-10-8-16(24-23-10)21-17-14-7-4-12(25-26)9-15(14)20-18(22-17)27-13-5-2-11(19)3-6-13;/h2-9,19,25-26H,1H3,(H2,20,21,22,23,24);/q-1;. The molecule has 0 saturated carbocycles. The SMILES string of the molecule is Cc1cc(Nc2nc(Sc3ccc([NH-])cc3)nc3cc(NO)ccc23)n[nH]1.[Ac]. The summed E-state index contributed by atoms with van der Waals surface area (Å²) < 4.78 is 0. The maximum Gasteiger partial charge on any atom is 0.195 e. The Morgan fingerprint density at radius 3 is 2.54 bits per heavy atom. The molecule has 0 aliphatic heterocycles. The first-order valence-electron chi connectivity index (χ1n) is 8.11. The first kappa shape index (κ1) is 20.9. The van der Waals surface area contributed by atoms with Crippen LogP contribution in [-0.2, 0) is 0 Å². The van der Waals surface area contributed by atoms with Crippen molar-refractivity contribution in [2.45, 2.75) is 17.0 Å². The zero-order valence-electron chi connectivity index (χ0n) is 14.9. The number of H-pyrrole nitrogens is 1. The number of rotatable bonds is 5. The van der Waals surface area contributed by atoms with Crippen LogP contribution in [0.4, 0.5) is 23.0 Å². The van der Waals surface area contributed by atoms with Gasteiger partial charge in [0.25, 0.3) is 0 Å². The van der Waals surface area contributed by atoms with Crippen LogP contribution in [0.5, 0.6) is 0 Å². The van der Waals surface area contributed by atoms with Crippen LogP contribution in [0.25, 0.3) is 16.6 Å². The summed E-state index contributed by atoms with van der Waals surface area (Å²) in [5.41, 5.74) is 12.3. The molecule has 0 bridgehead atoms. The molecule has 1 radical (unpaired) electrons. The van der Waals surface area contributed by atoms with Gasteiger partial charge in [0.1, 0.15) is 5.82 Å². The van der Waals surface area contributed by atoms with Gasteiger partial charge in [-0.2, -0.15) is 5.10 Å². The van der Waals surface area contributed by atoms with Gasteiger partial charge in [-0.1, -0.05) is 12.1 Å². The van der Waals surface area contributed by atoms with E-state index in [1.54, 1.807) is 24.3 Å². The summed E-state index contributed by atoms with van der Waals surface area (Å²) in [6, 6.07) is 14.4. The fraction of sp³-hybridized carbons (Fsp3) is 0.0556. The molecule has 28 heavy (non-hydrogen) atoms. The molecule has 139 valence electrons. The van der Waals surface area contributed by atoms with Gasteiger partial charge in [0, 0.05) is 66.1 Å². The molecule has 4 aromatic rings. The number of anilines is 3. The molecule has 2 heterocycles. The van der Waals surface area contributed by atoms with E-state index in [4.69, 9.17) is 5.73 Å². The Bertz CT molecular complexity index is 1100. The quantitative estimate of drug-likeness (QED) is 0.186. The van der Waals surface area contributed by atoms with E-state index in [0.717, 1.165) is 16.0 Å². The zero-order chi connectivity index (χ0) is 18.8. The van der Waals surface area contributed by atoms with Gasteiger partial charge in [0.2, 0.25) is 0 Å². The molecule has 2 aromatic carbocycles. The number of fused-ring (bicyclic) bond motifs is 1. The molecule has 10 heteroatoms. The molecule has 8 nitrogen and oxygen atoms in total. The Labute approximate surface area is 201 Å². The predicted octanol–water partition coefficient (Wildman–Crippen LogP) is 5.04. The Balaban J connectivity index is 0.00000225. The summed E-state index contributed by atoms with van der Waals surface area (Å²) in [7, 11) is 0. The third kappa shape index (κ3) is 4.76. The Morgan fingerprint density at radius 2 is 1.86 bits per heavy atom. The van der Waals surface area contributed by atoms with Gasteiger partial charge in [0.05, 0.1) is 11.2 Å². The van der Waals surface area contributed by atoms with Gasteiger partial charge in [-0.25, -0.2) is 9.97 Å². The van der Waals surface area contributed by atoms with Crippen LogP contribution in [0.1, 0.15) is 5.69 Å². The summed E-state index contributed by atoms with van der Waals surface area (Å²) in [5, 5.41) is 20.9. The number of aromatic amines is 1. The van der Waals surface area contributed by atoms with Crippen molar-refractivity contribution < 1.29 is 49.3 Å². The number of hydrogen-bond donors (Lipinski definition) is 4. The van der Waals surface area contributed by atoms with Crippen molar-refractivity contribution in [3.63, 3.8) is 0 Å². The minimum Gasteiger partial charge on any atom is -0.699 e. The number of aryl methyl sites for hydroxylation is 1. The Hall–Kier alpha value is -1.86. The van der Waals surface area contributed by atoms with Gasteiger partial charge >= 0.3 is 0 Å². The third-order valence-electron chi connectivity index (χ3n) is 3.82. The van der Waals surface area contributed by atoms with Crippen LogP contribution in [0.2, 0.25) is 0 Å². The van der Waals surface area contributed by atoms with Gasteiger partial charge in [-0.15, -0.1) is 5.69 Å². The van der Waals surface area contributed by atoms with E-state index in [1.807, 2.05) is 31.2 Å². The van der Waals surface area contributed by atoms with E-state index in [1.165, 1.54) is 11.8 Å². The van der Waals surface area contributed by atoms with Crippen molar-refractivity contribution in [1.82, 2.24) is 20.2 Å². The first-order chi connectivity index (χ1) is 13.1. The van der Waals surface area contributed by atoms with Crippen LogP contribution < -0.4 is 10.8 Å². The van der Waals surface area contributed by atoms with Gasteiger partial charge < -0.3 is 11.1 Å². The van der Waals surface area contributed by atoms with Crippen LogP contribution in [0, 0.1) is 51.0 Å². The second kappa shape index (κ2) is 9.09. The Morgan fingerprint density at radius 1 is 1.07 bits per heavy atom. The van der Waals surface area contributed by atoms with Gasteiger partial charge in [-0.3, -0.25) is 15.8 Å². The molecule has 0 unspecified atom stereocenters. The van der Waals surface area contributed by atoms with Crippen LogP contribution >= 0.6 is 11.8 Å². The summed E-state index contributed by atoms with van der Waals surface area (Å²) in [6.07, 6.45) is 0. The van der Waals surface area contributed by atoms with E-state index >= 15 is 0 Å². The zero-order valence-corrected chi connectivity index (χ0v) is 20.5. The van der Waals surface area contributed by atoms with Crippen LogP contribution in [-0.4, -0.2) is 25.4 Å². The maximum absolute atomic E-state index is 9.19. The van der Waals surface area contributed by atoms with E-state index < -0.39 is 0 Å².